The molecule has 3 aromatic heterocycles. The second-order valence-corrected chi connectivity index (χ2v) is 10.5. The molecule has 5 aromatic rings. The van der Waals surface area contributed by atoms with Gasteiger partial charge in [0.1, 0.15) is 11.5 Å². The van der Waals surface area contributed by atoms with Crippen LogP contribution in [-0.2, 0) is 13.1 Å². The summed E-state index contributed by atoms with van der Waals surface area (Å²) in [6.45, 7) is 3.54. The first kappa shape index (κ1) is 30.8. The first-order valence-corrected chi connectivity index (χ1v) is 14.4. The quantitative estimate of drug-likeness (QED) is 0.229. The second-order valence-electron chi connectivity index (χ2n) is 10.5. The van der Waals surface area contributed by atoms with Crippen molar-refractivity contribution in [3.05, 3.63) is 121 Å². The van der Waals surface area contributed by atoms with Crippen LogP contribution < -0.4 is 19.7 Å². The van der Waals surface area contributed by atoms with Gasteiger partial charge in [0.15, 0.2) is 5.82 Å². The summed E-state index contributed by atoms with van der Waals surface area (Å²) in [4.78, 5) is 37.8. The fourth-order valence-corrected chi connectivity index (χ4v) is 5.00. The van der Waals surface area contributed by atoms with Gasteiger partial charge < -0.3 is 33.9 Å². The van der Waals surface area contributed by atoms with Crippen molar-refractivity contribution in [1.82, 2.24) is 29.4 Å². The van der Waals surface area contributed by atoms with Crippen LogP contribution in [0.3, 0.4) is 0 Å². The maximum atomic E-state index is 12.6. The number of ether oxygens (including phenoxy) is 2. The molecule has 6 rings (SSSR count). The highest BCUT2D eigenvalue weighted by Crippen LogP contribution is 2.23. The number of carboxylic acid groups (broad SMARTS) is 1. The van der Waals surface area contributed by atoms with E-state index in [1.165, 1.54) is 11.9 Å². The zero-order valence-electron chi connectivity index (χ0n) is 25.1. The summed E-state index contributed by atoms with van der Waals surface area (Å²) in [5.74, 6) is 1.28. The van der Waals surface area contributed by atoms with Gasteiger partial charge >= 0.3 is 5.97 Å². The standard InChI is InChI=1S/C21H23N5O2.C12H12N2O3/c1-28-19-4-2-3-16(11-19)13-25-10-9-23-20(25)21(27)24-12-17-14-26(15-17)18-5-7-22-8-6-18;1-17-10-4-2-3-9(7-10)8-14-6-5-13-11(14)12(15)16/h2-11,17H,12-15H2,1H3,(H,24,27);2-7H,8H2,1H3,(H,15,16). The smallest absolute Gasteiger partial charge is 0.372 e. The lowest BCUT2D eigenvalue weighted by Gasteiger charge is -2.41. The van der Waals surface area contributed by atoms with Crippen molar-refractivity contribution in [2.24, 2.45) is 5.92 Å². The van der Waals surface area contributed by atoms with E-state index in [4.69, 9.17) is 14.6 Å². The number of amides is 1. The summed E-state index contributed by atoms with van der Waals surface area (Å²) in [6, 6.07) is 19.3. The van der Waals surface area contributed by atoms with Gasteiger partial charge in [0.25, 0.3) is 5.91 Å². The van der Waals surface area contributed by atoms with Crippen LogP contribution in [0.1, 0.15) is 32.4 Å². The Labute approximate surface area is 260 Å². The zero-order chi connectivity index (χ0) is 31.6. The van der Waals surface area contributed by atoms with Crippen molar-refractivity contribution in [2.45, 2.75) is 13.1 Å². The summed E-state index contributed by atoms with van der Waals surface area (Å²) >= 11 is 0. The van der Waals surface area contributed by atoms with Gasteiger partial charge in [-0.2, -0.15) is 0 Å². The van der Waals surface area contributed by atoms with Crippen molar-refractivity contribution in [1.29, 1.82) is 0 Å². The van der Waals surface area contributed by atoms with Crippen LogP contribution in [0.5, 0.6) is 11.5 Å². The SMILES string of the molecule is COc1cccc(Cn2ccnc2C(=O)NCC2CN(c3ccncc3)C2)c1.COc1cccc(Cn2ccnc2C(=O)O)c1. The number of aromatic nitrogens is 5. The molecule has 4 heterocycles. The van der Waals surface area contributed by atoms with E-state index in [2.05, 4.69) is 25.2 Å². The number of aromatic carboxylic acids is 1. The van der Waals surface area contributed by atoms with Gasteiger partial charge in [-0.05, 0) is 47.5 Å². The van der Waals surface area contributed by atoms with E-state index in [9.17, 15) is 9.59 Å². The highest BCUT2D eigenvalue weighted by Gasteiger charge is 2.27. The molecule has 0 atom stereocenters. The number of nitrogens with zero attached hydrogens (tertiary/aromatic N) is 6. The predicted octanol–water partition coefficient (Wildman–Crippen LogP) is 3.84. The molecule has 0 saturated carbocycles. The molecule has 232 valence electrons. The predicted molar refractivity (Wildman–Crippen MR) is 168 cm³/mol. The van der Waals surface area contributed by atoms with Crippen molar-refractivity contribution in [3.8, 4) is 11.5 Å². The number of carbonyl (C=O) groups is 2. The third-order valence-electron chi connectivity index (χ3n) is 7.34. The molecule has 1 fully saturated rings. The number of methoxy groups -OCH3 is 2. The minimum atomic E-state index is -1.03. The second kappa shape index (κ2) is 14.7. The Morgan fingerprint density at radius 2 is 1.38 bits per heavy atom. The van der Waals surface area contributed by atoms with Gasteiger partial charge in [-0.25, -0.2) is 14.8 Å². The van der Waals surface area contributed by atoms with E-state index in [0.29, 0.717) is 31.4 Å². The lowest BCUT2D eigenvalue weighted by Crippen LogP contribution is -2.51. The highest BCUT2D eigenvalue weighted by atomic mass is 16.5. The Morgan fingerprint density at radius 1 is 0.822 bits per heavy atom. The molecule has 2 N–H and O–H groups in total. The van der Waals surface area contributed by atoms with Crippen LogP contribution in [-0.4, -0.2) is 74.9 Å². The number of carboxylic acids is 1. The minimum absolute atomic E-state index is 0.0350. The van der Waals surface area contributed by atoms with Gasteiger partial charge in [-0.3, -0.25) is 9.78 Å². The minimum Gasteiger partial charge on any atom is -0.497 e. The molecule has 0 bridgehead atoms. The first-order valence-electron chi connectivity index (χ1n) is 14.4. The fraction of sp³-hybridized carbons (Fsp3) is 0.242. The molecule has 0 spiro atoms. The molecule has 2 aromatic carbocycles. The number of carbonyl (C=O) groups excluding carboxylic acids is 1. The van der Waals surface area contributed by atoms with Crippen molar-refractivity contribution < 1.29 is 24.2 Å². The number of hydrogen-bond donors (Lipinski definition) is 2. The Bertz CT molecular complexity index is 1710. The van der Waals surface area contributed by atoms with Gasteiger partial charge in [-0.15, -0.1) is 0 Å². The normalized spacial score (nSPS) is 12.4. The van der Waals surface area contributed by atoms with Crippen LogP contribution in [0.2, 0.25) is 0 Å². The lowest BCUT2D eigenvalue weighted by atomic mass is 9.99. The van der Waals surface area contributed by atoms with Crippen LogP contribution >= 0.6 is 0 Å². The third-order valence-corrected chi connectivity index (χ3v) is 7.34. The van der Waals surface area contributed by atoms with E-state index in [1.54, 1.807) is 43.6 Å². The largest absolute Gasteiger partial charge is 0.497 e. The molecule has 1 saturated heterocycles. The van der Waals surface area contributed by atoms with Crippen LogP contribution in [0, 0.1) is 5.92 Å². The average molecular weight is 610 g/mol. The van der Waals surface area contributed by atoms with Crippen molar-refractivity contribution >= 4 is 17.6 Å². The number of anilines is 1. The Morgan fingerprint density at radius 3 is 1.93 bits per heavy atom. The van der Waals surface area contributed by atoms with Gasteiger partial charge in [-0.1, -0.05) is 24.3 Å². The zero-order valence-corrected chi connectivity index (χ0v) is 25.1. The van der Waals surface area contributed by atoms with Crippen molar-refractivity contribution in [2.75, 3.05) is 38.8 Å². The number of pyridine rings is 1. The molecule has 1 amide bonds. The van der Waals surface area contributed by atoms with Gasteiger partial charge in [0.2, 0.25) is 5.82 Å². The summed E-state index contributed by atoms with van der Waals surface area (Å²) in [5, 5.41) is 11.9. The Balaban J connectivity index is 0.000000201. The summed E-state index contributed by atoms with van der Waals surface area (Å²) in [7, 11) is 3.24. The molecule has 0 radical (unpaired) electrons. The molecule has 0 aliphatic carbocycles. The van der Waals surface area contributed by atoms with E-state index in [1.807, 2.05) is 71.4 Å². The monoisotopic (exact) mass is 609 g/mol. The molecule has 1 aliphatic heterocycles. The number of imidazole rings is 2. The van der Waals surface area contributed by atoms with Crippen LogP contribution in [0.25, 0.3) is 0 Å². The Hall–Kier alpha value is -5.65. The number of nitrogens with one attached hydrogen (secondary N) is 1. The van der Waals surface area contributed by atoms with E-state index in [0.717, 1.165) is 35.7 Å². The van der Waals surface area contributed by atoms with Crippen LogP contribution in [0.15, 0.2) is 97.8 Å². The number of hydrogen-bond acceptors (Lipinski definition) is 8. The number of rotatable bonds is 11. The van der Waals surface area contributed by atoms with E-state index in [-0.39, 0.29) is 11.7 Å². The fourth-order valence-electron chi connectivity index (χ4n) is 5.00. The van der Waals surface area contributed by atoms with Crippen LogP contribution in [0.4, 0.5) is 5.69 Å². The molecular weight excluding hydrogens is 574 g/mol. The maximum Gasteiger partial charge on any atom is 0.372 e. The molecule has 0 unspecified atom stereocenters. The first-order chi connectivity index (χ1) is 21.9. The topological polar surface area (TPSA) is 137 Å². The molecular formula is C33H35N7O5. The maximum absolute atomic E-state index is 12.6. The highest BCUT2D eigenvalue weighted by molar-refractivity contribution is 5.90. The molecule has 45 heavy (non-hydrogen) atoms. The van der Waals surface area contributed by atoms with Gasteiger partial charge in [0, 0.05) is 81.5 Å². The van der Waals surface area contributed by atoms with E-state index >= 15 is 0 Å². The third kappa shape index (κ3) is 8.05. The summed E-state index contributed by atoms with van der Waals surface area (Å²) in [5.41, 5.74) is 3.19. The summed E-state index contributed by atoms with van der Waals surface area (Å²) in [6.07, 6.45) is 10.2. The summed E-state index contributed by atoms with van der Waals surface area (Å²) < 4.78 is 13.8. The average Bonchev–Trinajstić information content (AvgIpc) is 3.71. The van der Waals surface area contributed by atoms with Crippen molar-refractivity contribution in [3.63, 3.8) is 0 Å². The molecule has 12 nitrogen and oxygen atoms in total. The molecule has 1 aliphatic rings. The molecule has 12 heteroatoms. The number of benzene rings is 2. The lowest BCUT2D eigenvalue weighted by molar-refractivity contribution is 0.0678. The Kier molecular flexibility index (Phi) is 10.1. The van der Waals surface area contributed by atoms with Gasteiger partial charge in [0.05, 0.1) is 14.2 Å². The van der Waals surface area contributed by atoms with E-state index < -0.39 is 5.97 Å².